The number of halogens is 2. The van der Waals surface area contributed by atoms with E-state index in [9.17, 15) is 4.79 Å². The monoisotopic (exact) mass is 340 g/mol. The SMILES string of the molecule is CSc1ccc(C(=O)c2ccc(Br)c(Cl)c2)cc1. The van der Waals surface area contributed by atoms with Gasteiger partial charge in [0.25, 0.3) is 0 Å². The van der Waals surface area contributed by atoms with Crippen LogP contribution in [0.3, 0.4) is 0 Å². The molecule has 0 bridgehead atoms. The van der Waals surface area contributed by atoms with E-state index in [1.165, 1.54) is 0 Å². The van der Waals surface area contributed by atoms with Crippen molar-refractivity contribution in [3.8, 4) is 0 Å². The Labute approximate surface area is 124 Å². The van der Waals surface area contributed by atoms with Gasteiger partial charge in [0.2, 0.25) is 0 Å². The number of hydrogen-bond acceptors (Lipinski definition) is 2. The van der Waals surface area contributed by atoms with Crippen LogP contribution in [-0.2, 0) is 0 Å². The van der Waals surface area contributed by atoms with Crippen molar-refractivity contribution >= 4 is 45.1 Å². The maximum Gasteiger partial charge on any atom is 0.193 e. The van der Waals surface area contributed by atoms with Gasteiger partial charge in [0.1, 0.15) is 0 Å². The van der Waals surface area contributed by atoms with Crippen LogP contribution in [0.1, 0.15) is 15.9 Å². The molecule has 0 spiro atoms. The van der Waals surface area contributed by atoms with Gasteiger partial charge in [-0.25, -0.2) is 0 Å². The minimum atomic E-state index is -0.0166. The van der Waals surface area contributed by atoms with E-state index in [0.717, 1.165) is 9.37 Å². The molecular formula is C14H10BrClOS. The molecule has 1 nitrogen and oxygen atoms in total. The van der Waals surface area contributed by atoms with Crippen LogP contribution >= 0.6 is 39.3 Å². The highest BCUT2D eigenvalue weighted by Gasteiger charge is 2.10. The van der Waals surface area contributed by atoms with Gasteiger partial charge in [0, 0.05) is 20.5 Å². The van der Waals surface area contributed by atoms with Crippen LogP contribution in [0.5, 0.6) is 0 Å². The van der Waals surface area contributed by atoms with Gasteiger partial charge in [-0.3, -0.25) is 4.79 Å². The third-order valence-corrected chi connectivity index (χ3v) is 4.51. The Morgan fingerprint density at radius 2 is 1.72 bits per heavy atom. The van der Waals surface area contributed by atoms with Crippen LogP contribution in [0.4, 0.5) is 0 Å². The van der Waals surface area contributed by atoms with Crippen LogP contribution in [-0.4, -0.2) is 12.0 Å². The summed E-state index contributed by atoms with van der Waals surface area (Å²) in [6.07, 6.45) is 2.01. The first-order valence-corrected chi connectivity index (χ1v) is 7.65. The Morgan fingerprint density at radius 1 is 1.11 bits per heavy atom. The van der Waals surface area contributed by atoms with E-state index in [0.29, 0.717) is 16.1 Å². The number of benzene rings is 2. The molecule has 0 aliphatic heterocycles. The van der Waals surface area contributed by atoms with Crippen molar-refractivity contribution in [2.75, 3.05) is 6.26 Å². The number of carbonyl (C=O) groups excluding carboxylic acids is 1. The first kappa shape index (κ1) is 13.7. The lowest BCUT2D eigenvalue weighted by Crippen LogP contribution is -2.00. The van der Waals surface area contributed by atoms with Gasteiger partial charge in [-0.15, -0.1) is 11.8 Å². The second kappa shape index (κ2) is 5.91. The average Bonchev–Trinajstić information content (AvgIpc) is 2.41. The standard InChI is InChI=1S/C14H10BrClOS/c1-18-11-5-2-9(3-6-11)14(17)10-4-7-12(15)13(16)8-10/h2-8H,1H3. The summed E-state index contributed by atoms with van der Waals surface area (Å²) in [7, 11) is 0. The van der Waals surface area contributed by atoms with Crippen LogP contribution in [0, 0.1) is 0 Å². The fraction of sp³-hybridized carbons (Fsp3) is 0.0714. The zero-order valence-electron chi connectivity index (χ0n) is 9.61. The van der Waals surface area contributed by atoms with Crippen molar-refractivity contribution in [3.05, 3.63) is 63.1 Å². The molecule has 92 valence electrons. The second-order valence-corrected chi connectivity index (χ2v) is 5.83. The van der Waals surface area contributed by atoms with E-state index in [1.807, 2.05) is 30.5 Å². The highest BCUT2D eigenvalue weighted by molar-refractivity contribution is 9.10. The van der Waals surface area contributed by atoms with Crippen LogP contribution in [0.15, 0.2) is 51.8 Å². The highest BCUT2D eigenvalue weighted by atomic mass is 79.9. The fourth-order valence-electron chi connectivity index (χ4n) is 1.55. The van der Waals surface area contributed by atoms with Gasteiger partial charge in [0.05, 0.1) is 5.02 Å². The number of ketones is 1. The number of rotatable bonds is 3. The van der Waals surface area contributed by atoms with Crippen molar-refractivity contribution in [3.63, 3.8) is 0 Å². The Balaban J connectivity index is 2.32. The molecule has 0 atom stereocenters. The van der Waals surface area contributed by atoms with Crippen molar-refractivity contribution in [1.29, 1.82) is 0 Å². The van der Waals surface area contributed by atoms with E-state index >= 15 is 0 Å². The van der Waals surface area contributed by atoms with Crippen molar-refractivity contribution < 1.29 is 4.79 Å². The topological polar surface area (TPSA) is 17.1 Å². The molecular weight excluding hydrogens is 332 g/mol. The van der Waals surface area contributed by atoms with Crippen LogP contribution in [0.2, 0.25) is 5.02 Å². The Bertz CT molecular complexity index is 581. The Hall–Kier alpha value is -0.770. The third-order valence-electron chi connectivity index (χ3n) is 2.53. The van der Waals surface area contributed by atoms with Gasteiger partial charge in [-0.1, -0.05) is 11.6 Å². The summed E-state index contributed by atoms with van der Waals surface area (Å²) in [5.41, 5.74) is 1.27. The summed E-state index contributed by atoms with van der Waals surface area (Å²) in [5, 5.41) is 0.543. The van der Waals surface area contributed by atoms with Gasteiger partial charge in [-0.05, 0) is 64.7 Å². The van der Waals surface area contributed by atoms with E-state index in [4.69, 9.17) is 11.6 Å². The maximum atomic E-state index is 12.2. The first-order valence-electron chi connectivity index (χ1n) is 5.25. The predicted octanol–water partition coefficient (Wildman–Crippen LogP) is 5.06. The quantitative estimate of drug-likeness (QED) is 0.573. The lowest BCUT2D eigenvalue weighted by Gasteiger charge is -2.04. The summed E-state index contributed by atoms with van der Waals surface area (Å²) in [5.74, 6) is -0.0166. The third kappa shape index (κ3) is 2.97. The van der Waals surface area contributed by atoms with Gasteiger partial charge >= 0.3 is 0 Å². The molecule has 0 saturated heterocycles. The van der Waals surface area contributed by atoms with Crippen LogP contribution in [0.25, 0.3) is 0 Å². The smallest absolute Gasteiger partial charge is 0.193 e. The van der Waals surface area contributed by atoms with Gasteiger partial charge in [0.15, 0.2) is 5.78 Å². The molecule has 0 saturated carbocycles. The van der Waals surface area contributed by atoms with E-state index < -0.39 is 0 Å². The maximum absolute atomic E-state index is 12.2. The minimum absolute atomic E-state index is 0.0166. The van der Waals surface area contributed by atoms with E-state index in [2.05, 4.69) is 15.9 Å². The van der Waals surface area contributed by atoms with Gasteiger partial charge in [-0.2, -0.15) is 0 Å². The summed E-state index contributed by atoms with van der Waals surface area (Å²) in [6.45, 7) is 0. The molecule has 0 aliphatic carbocycles. The van der Waals surface area contributed by atoms with E-state index in [-0.39, 0.29) is 5.78 Å². The van der Waals surface area contributed by atoms with Crippen molar-refractivity contribution in [2.24, 2.45) is 0 Å². The van der Waals surface area contributed by atoms with Crippen LogP contribution < -0.4 is 0 Å². The molecule has 0 aliphatic rings. The number of carbonyl (C=O) groups is 1. The lowest BCUT2D eigenvalue weighted by molar-refractivity contribution is 0.103. The largest absolute Gasteiger partial charge is 0.289 e. The molecule has 2 rings (SSSR count). The Morgan fingerprint density at radius 3 is 2.28 bits per heavy atom. The number of hydrogen-bond donors (Lipinski definition) is 0. The zero-order chi connectivity index (χ0) is 13.1. The summed E-state index contributed by atoms with van der Waals surface area (Å²) in [6, 6.07) is 12.8. The molecule has 4 heteroatoms. The molecule has 0 amide bonds. The second-order valence-electron chi connectivity index (χ2n) is 3.69. The molecule has 2 aromatic carbocycles. The highest BCUT2D eigenvalue weighted by Crippen LogP contribution is 2.25. The molecule has 0 N–H and O–H groups in total. The normalized spacial score (nSPS) is 10.4. The molecule has 0 fully saturated rings. The van der Waals surface area contributed by atoms with Crippen molar-refractivity contribution in [2.45, 2.75) is 4.90 Å². The average molecular weight is 342 g/mol. The molecule has 0 heterocycles. The molecule has 2 aromatic rings. The molecule has 0 unspecified atom stereocenters. The first-order chi connectivity index (χ1) is 8.61. The fourth-order valence-corrected chi connectivity index (χ4v) is 2.38. The summed E-state index contributed by atoms with van der Waals surface area (Å²) < 4.78 is 0.790. The zero-order valence-corrected chi connectivity index (χ0v) is 12.8. The molecule has 0 aromatic heterocycles. The molecule has 0 radical (unpaired) electrons. The lowest BCUT2D eigenvalue weighted by atomic mass is 10.0. The summed E-state index contributed by atoms with van der Waals surface area (Å²) >= 11 is 10.9. The summed E-state index contributed by atoms with van der Waals surface area (Å²) in [4.78, 5) is 13.4. The minimum Gasteiger partial charge on any atom is -0.289 e. The predicted molar refractivity (Wildman–Crippen MR) is 80.8 cm³/mol. The molecule has 18 heavy (non-hydrogen) atoms. The Kier molecular flexibility index (Phi) is 4.49. The van der Waals surface area contributed by atoms with Gasteiger partial charge < -0.3 is 0 Å². The van der Waals surface area contributed by atoms with E-state index in [1.54, 1.807) is 30.0 Å². The van der Waals surface area contributed by atoms with Crippen molar-refractivity contribution in [1.82, 2.24) is 0 Å². The number of thioether (sulfide) groups is 1.